The first-order chi connectivity index (χ1) is 18.1. The Morgan fingerprint density at radius 3 is 1.27 bits per heavy atom. The maximum Gasteiger partial charge on any atom is 0.0410 e. The summed E-state index contributed by atoms with van der Waals surface area (Å²) >= 11 is 0. The molecular weight excluding hydrogens is 450 g/mol. The van der Waals surface area contributed by atoms with Gasteiger partial charge in [-0.25, -0.2) is 0 Å². The fraction of sp³-hybridized carbons (Fsp3) is 0.382. The van der Waals surface area contributed by atoms with Gasteiger partial charge in [-0.05, 0) is 134 Å². The number of hydrogen-bond donors (Lipinski definition) is 0. The van der Waals surface area contributed by atoms with Gasteiger partial charge in [-0.3, -0.25) is 15.0 Å². The van der Waals surface area contributed by atoms with Crippen LogP contribution in [-0.4, -0.2) is 15.0 Å². The summed E-state index contributed by atoms with van der Waals surface area (Å²) in [5.74, 6) is 0. The van der Waals surface area contributed by atoms with E-state index in [1.54, 1.807) is 33.4 Å². The third-order valence-electron chi connectivity index (χ3n) is 7.54. The molecule has 1 aromatic carbocycles. The molecular formula is C34H41N3. The lowest BCUT2D eigenvalue weighted by atomic mass is 9.79. The molecule has 0 fully saturated rings. The number of aromatic nitrogens is 3. The molecule has 37 heavy (non-hydrogen) atoms. The third-order valence-corrected chi connectivity index (χ3v) is 7.54. The van der Waals surface area contributed by atoms with E-state index in [9.17, 15) is 0 Å². The van der Waals surface area contributed by atoms with Crippen LogP contribution in [0.15, 0.2) is 67.0 Å². The summed E-state index contributed by atoms with van der Waals surface area (Å²) in [5, 5.41) is 0. The average molecular weight is 492 g/mol. The van der Waals surface area contributed by atoms with Crippen LogP contribution in [0.2, 0.25) is 0 Å². The lowest BCUT2D eigenvalue weighted by molar-refractivity contribution is 0.797. The number of nitrogens with zero attached hydrogens (tertiary/aromatic N) is 3. The number of hydrogen-bond acceptors (Lipinski definition) is 3. The molecule has 192 valence electrons. The molecule has 0 spiro atoms. The van der Waals surface area contributed by atoms with Crippen molar-refractivity contribution in [3.63, 3.8) is 0 Å². The third kappa shape index (κ3) is 6.71. The van der Waals surface area contributed by atoms with Crippen LogP contribution in [0.3, 0.4) is 0 Å². The van der Waals surface area contributed by atoms with E-state index in [0.29, 0.717) is 0 Å². The number of aryl methyl sites for hydroxylation is 4. The van der Waals surface area contributed by atoms with Crippen LogP contribution in [0.4, 0.5) is 0 Å². The molecule has 0 aliphatic carbocycles. The molecule has 4 rings (SSSR count). The van der Waals surface area contributed by atoms with Gasteiger partial charge in [0.1, 0.15) is 0 Å². The lowest BCUT2D eigenvalue weighted by Gasteiger charge is -2.26. The van der Waals surface area contributed by atoms with Gasteiger partial charge in [0, 0.05) is 35.2 Å². The number of rotatable bonds is 12. The lowest BCUT2D eigenvalue weighted by Crippen LogP contribution is -2.15. The summed E-state index contributed by atoms with van der Waals surface area (Å²) in [6.45, 7) is 9.08. The van der Waals surface area contributed by atoms with E-state index < -0.39 is 0 Å². The molecule has 0 saturated carbocycles. The zero-order chi connectivity index (χ0) is 26.0. The molecule has 0 aliphatic rings. The van der Waals surface area contributed by atoms with Crippen molar-refractivity contribution in [2.45, 2.75) is 85.5 Å². The number of pyridine rings is 3. The van der Waals surface area contributed by atoms with E-state index in [4.69, 9.17) is 4.98 Å². The van der Waals surface area contributed by atoms with Crippen molar-refractivity contribution >= 4 is 0 Å². The topological polar surface area (TPSA) is 38.7 Å². The van der Waals surface area contributed by atoms with Crippen LogP contribution < -0.4 is 0 Å². The summed E-state index contributed by atoms with van der Waals surface area (Å²) in [4.78, 5) is 14.1. The average Bonchev–Trinajstić information content (AvgIpc) is 2.94. The Kier molecular flexibility index (Phi) is 9.59. The van der Waals surface area contributed by atoms with Gasteiger partial charge in [0.2, 0.25) is 0 Å². The molecule has 0 radical (unpaired) electrons. The highest BCUT2D eigenvalue weighted by Gasteiger charge is 2.21. The highest BCUT2D eigenvalue weighted by atomic mass is 14.7. The van der Waals surface area contributed by atoms with E-state index in [-0.39, 0.29) is 0 Å². The second-order valence-corrected chi connectivity index (χ2v) is 9.84. The quantitative estimate of drug-likeness (QED) is 0.210. The fourth-order valence-corrected chi connectivity index (χ4v) is 5.87. The molecule has 0 unspecified atom stereocenters. The molecule has 0 saturated heterocycles. The van der Waals surface area contributed by atoms with Crippen molar-refractivity contribution in [3.8, 4) is 0 Å². The summed E-state index contributed by atoms with van der Waals surface area (Å²) in [5.41, 5.74) is 14.0. The summed E-state index contributed by atoms with van der Waals surface area (Å²) in [7, 11) is 0. The van der Waals surface area contributed by atoms with Crippen LogP contribution in [0.1, 0.15) is 76.9 Å². The summed E-state index contributed by atoms with van der Waals surface area (Å²) in [6.07, 6.45) is 13.1. The predicted octanol–water partition coefficient (Wildman–Crippen LogP) is 7.22. The fourth-order valence-electron chi connectivity index (χ4n) is 5.87. The zero-order valence-corrected chi connectivity index (χ0v) is 23.1. The van der Waals surface area contributed by atoms with Gasteiger partial charge in [-0.1, -0.05) is 39.0 Å². The monoisotopic (exact) mass is 491 g/mol. The minimum atomic E-state index is 0.977. The zero-order valence-electron chi connectivity index (χ0n) is 23.1. The molecule has 3 heteroatoms. The second kappa shape index (κ2) is 13.3. The molecule has 3 nitrogen and oxygen atoms in total. The Hall–Kier alpha value is -3.33. The van der Waals surface area contributed by atoms with Gasteiger partial charge in [-0.2, -0.15) is 0 Å². The largest absolute Gasteiger partial charge is 0.261 e. The summed E-state index contributed by atoms with van der Waals surface area (Å²) < 4.78 is 0. The minimum Gasteiger partial charge on any atom is -0.261 e. The Labute approximate surface area is 223 Å². The second-order valence-electron chi connectivity index (χ2n) is 9.84. The first-order valence-corrected chi connectivity index (χ1v) is 14.0. The van der Waals surface area contributed by atoms with Gasteiger partial charge >= 0.3 is 0 Å². The molecule has 0 amide bonds. The van der Waals surface area contributed by atoms with Crippen molar-refractivity contribution in [2.75, 3.05) is 0 Å². The normalized spacial score (nSPS) is 11.1. The SMILES string of the molecule is CCc1c(CCc2ccccn2)c(CC)c(CCc2cccc(C)n2)c(CC)c1CCc1ccccn1. The molecule has 4 aromatic rings. The molecule has 0 N–H and O–H groups in total. The van der Waals surface area contributed by atoms with Gasteiger partial charge < -0.3 is 0 Å². The number of benzene rings is 1. The molecule has 0 aliphatic heterocycles. The smallest absolute Gasteiger partial charge is 0.0410 e. The van der Waals surface area contributed by atoms with Gasteiger partial charge in [0.05, 0.1) is 0 Å². The first kappa shape index (κ1) is 26.7. The molecule has 0 atom stereocenters. The van der Waals surface area contributed by atoms with E-state index >= 15 is 0 Å². The van der Waals surface area contributed by atoms with Gasteiger partial charge in [0.25, 0.3) is 0 Å². The van der Waals surface area contributed by atoms with Crippen molar-refractivity contribution in [2.24, 2.45) is 0 Å². The molecule has 3 aromatic heterocycles. The van der Waals surface area contributed by atoms with Crippen LogP contribution in [0, 0.1) is 6.92 Å². The van der Waals surface area contributed by atoms with E-state index in [2.05, 4.69) is 80.1 Å². The van der Waals surface area contributed by atoms with Crippen molar-refractivity contribution < 1.29 is 0 Å². The maximum atomic E-state index is 4.81. The Bertz CT molecular complexity index is 1210. The van der Waals surface area contributed by atoms with Crippen LogP contribution >= 0.6 is 0 Å². The Morgan fingerprint density at radius 2 is 0.892 bits per heavy atom. The van der Waals surface area contributed by atoms with Gasteiger partial charge in [-0.15, -0.1) is 0 Å². The van der Waals surface area contributed by atoms with E-state index in [0.717, 1.165) is 63.5 Å². The highest BCUT2D eigenvalue weighted by Crippen LogP contribution is 2.33. The van der Waals surface area contributed by atoms with E-state index in [1.807, 2.05) is 24.5 Å². The standard InChI is InChI=1S/C34H41N3/c1-5-29-32(20-17-26-14-8-10-23-35-26)30(6-2)34(22-19-28-16-12-13-25(4)37-28)31(7-3)33(29)21-18-27-15-9-11-24-36-27/h8-16,23-24H,5-7,17-22H2,1-4H3. The van der Waals surface area contributed by atoms with Crippen molar-refractivity contribution in [1.82, 2.24) is 15.0 Å². The predicted molar refractivity (Wildman–Crippen MR) is 154 cm³/mol. The van der Waals surface area contributed by atoms with Crippen LogP contribution in [-0.2, 0) is 57.8 Å². The Balaban J connectivity index is 1.77. The van der Waals surface area contributed by atoms with Crippen molar-refractivity contribution in [3.05, 3.63) is 123 Å². The molecule has 3 heterocycles. The van der Waals surface area contributed by atoms with Gasteiger partial charge in [0.15, 0.2) is 0 Å². The Morgan fingerprint density at radius 1 is 0.459 bits per heavy atom. The minimum absolute atomic E-state index is 0.977. The summed E-state index contributed by atoms with van der Waals surface area (Å²) in [6, 6.07) is 18.9. The first-order valence-electron chi connectivity index (χ1n) is 14.0. The van der Waals surface area contributed by atoms with Crippen LogP contribution in [0.25, 0.3) is 0 Å². The van der Waals surface area contributed by atoms with E-state index in [1.165, 1.54) is 17.1 Å². The maximum absolute atomic E-state index is 4.81. The highest BCUT2D eigenvalue weighted by molar-refractivity contribution is 5.53. The molecule has 0 bridgehead atoms. The van der Waals surface area contributed by atoms with Crippen molar-refractivity contribution in [1.29, 1.82) is 0 Å². The van der Waals surface area contributed by atoms with Crippen LogP contribution in [0.5, 0.6) is 0 Å².